The Morgan fingerprint density at radius 1 is 0.941 bits per heavy atom. The van der Waals surface area contributed by atoms with Crippen molar-refractivity contribution in [1.82, 2.24) is 0 Å². The third kappa shape index (κ3) is 14.0. The maximum atomic E-state index is 11.6. The van der Waals surface area contributed by atoms with E-state index in [2.05, 4.69) is 27.7 Å². The molecule has 0 radical (unpaired) electrons. The van der Waals surface area contributed by atoms with Crippen LogP contribution in [0.3, 0.4) is 0 Å². The van der Waals surface area contributed by atoms with Gasteiger partial charge in [0, 0.05) is 11.2 Å². The fraction of sp³-hybridized carbons (Fsp3) is 0.933. The zero-order valence-corrected chi connectivity index (χ0v) is 13.0. The zero-order chi connectivity index (χ0) is 13.1. The van der Waals surface area contributed by atoms with Gasteiger partial charge in [-0.15, -0.1) is 11.8 Å². The van der Waals surface area contributed by atoms with Gasteiger partial charge in [0.25, 0.3) is 0 Å². The minimum absolute atomic E-state index is 0.218. The van der Waals surface area contributed by atoms with Crippen LogP contribution < -0.4 is 0 Å². The summed E-state index contributed by atoms with van der Waals surface area (Å²) >= 11 is 1.77. The molecule has 0 aliphatic heterocycles. The van der Waals surface area contributed by atoms with Crippen LogP contribution in [0, 0.1) is 0 Å². The second-order valence-corrected chi connectivity index (χ2v) is 7.61. The van der Waals surface area contributed by atoms with E-state index in [-0.39, 0.29) is 4.75 Å². The summed E-state index contributed by atoms with van der Waals surface area (Å²) in [6.45, 7) is 8.74. The van der Waals surface area contributed by atoms with Crippen molar-refractivity contribution in [2.45, 2.75) is 83.8 Å². The van der Waals surface area contributed by atoms with E-state index in [9.17, 15) is 4.79 Å². The van der Waals surface area contributed by atoms with Gasteiger partial charge in [-0.1, -0.05) is 66.2 Å². The number of hydrogen-bond acceptors (Lipinski definition) is 2. The molecule has 0 saturated heterocycles. The molecule has 0 aliphatic carbocycles. The molecule has 2 heteroatoms. The highest BCUT2D eigenvalue weighted by molar-refractivity contribution is 8.01. The van der Waals surface area contributed by atoms with E-state index in [0.29, 0.717) is 11.5 Å². The average Bonchev–Trinajstić information content (AvgIpc) is 2.24. The van der Waals surface area contributed by atoms with Crippen LogP contribution in [0.4, 0.5) is 0 Å². The van der Waals surface area contributed by atoms with E-state index in [0.717, 1.165) is 12.8 Å². The first kappa shape index (κ1) is 17.0. The van der Waals surface area contributed by atoms with Gasteiger partial charge in [0.15, 0.2) is 0 Å². The molecule has 1 nitrogen and oxygen atoms in total. The molecule has 0 rings (SSSR count). The Hall–Kier alpha value is 0.0200. The molecule has 102 valence electrons. The summed E-state index contributed by atoms with van der Waals surface area (Å²) in [5, 5.41) is 0. The molecule has 0 N–H and O–H groups in total. The lowest BCUT2D eigenvalue weighted by molar-refractivity contribution is -0.116. The van der Waals surface area contributed by atoms with Gasteiger partial charge in [0.1, 0.15) is 5.78 Å². The topological polar surface area (TPSA) is 17.1 Å². The summed E-state index contributed by atoms with van der Waals surface area (Å²) in [5.74, 6) is 1.12. The fourth-order valence-corrected chi connectivity index (χ4v) is 2.39. The van der Waals surface area contributed by atoms with Crippen LogP contribution in [-0.4, -0.2) is 16.3 Å². The van der Waals surface area contributed by atoms with Gasteiger partial charge in [-0.25, -0.2) is 0 Å². The Labute approximate surface area is 112 Å². The maximum absolute atomic E-state index is 11.6. The third-order valence-corrected chi connectivity index (χ3v) is 4.06. The second kappa shape index (κ2) is 9.99. The molecule has 17 heavy (non-hydrogen) atoms. The van der Waals surface area contributed by atoms with Crippen molar-refractivity contribution >= 4 is 17.5 Å². The molecular formula is C15H30OS. The maximum Gasteiger partial charge on any atom is 0.142 e. The highest BCUT2D eigenvalue weighted by atomic mass is 32.2. The summed E-state index contributed by atoms with van der Waals surface area (Å²) < 4.78 is 0.218. The third-order valence-electron chi connectivity index (χ3n) is 2.73. The van der Waals surface area contributed by atoms with Crippen LogP contribution in [0.2, 0.25) is 0 Å². The molecule has 0 aliphatic rings. The molecule has 0 aromatic rings. The van der Waals surface area contributed by atoms with Crippen LogP contribution in [0.25, 0.3) is 0 Å². The number of thioether (sulfide) groups is 1. The van der Waals surface area contributed by atoms with E-state index in [1.54, 1.807) is 11.8 Å². The SMILES string of the molecule is CCCCCCCCCC(=O)CSC(C)(C)C. The molecular weight excluding hydrogens is 228 g/mol. The van der Waals surface area contributed by atoms with Gasteiger partial charge in [-0.2, -0.15) is 0 Å². The van der Waals surface area contributed by atoms with Crippen LogP contribution in [0.1, 0.15) is 79.1 Å². The standard InChI is InChI=1S/C15H30OS/c1-5-6-7-8-9-10-11-12-14(16)13-17-15(2,3)4/h5-13H2,1-4H3. The average molecular weight is 258 g/mol. The Morgan fingerprint density at radius 3 is 2.00 bits per heavy atom. The Morgan fingerprint density at radius 2 is 1.47 bits per heavy atom. The van der Waals surface area contributed by atoms with Crippen LogP contribution in [0.15, 0.2) is 0 Å². The Balaban J connectivity index is 3.28. The zero-order valence-electron chi connectivity index (χ0n) is 12.2. The second-order valence-electron chi connectivity index (χ2n) is 5.81. The summed E-state index contributed by atoms with van der Waals surface area (Å²) in [6, 6.07) is 0. The molecule has 0 aromatic carbocycles. The first-order valence-electron chi connectivity index (χ1n) is 7.11. The highest BCUT2D eigenvalue weighted by Crippen LogP contribution is 2.23. The number of hydrogen-bond donors (Lipinski definition) is 0. The van der Waals surface area contributed by atoms with Crippen molar-refractivity contribution < 1.29 is 4.79 Å². The van der Waals surface area contributed by atoms with Gasteiger partial charge in [0.05, 0.1) is 5.75 Å². The van der Waals surface area contributed by atoms with Gasteiger partial charge in [-0.3, -0.25) is 4.79 Å². The molecule has 0 bridgehead atoms. The molecule has 0 spiro atoms. The van der Waals surface area contributed by atoms with E-state index in [1.165, 1.54) is 38.5 Å². The van der Waals surface area contributed by atoms with Gasteiger partial charge < -0.3 is 0 Å². The number of Topliss-reactive ketones (excluding diaryl/α,β-unsaturated/α-hetero) is 1. The fourth-order valence-electron chi connectivity index (χ4n) is 1.65. The van der Waals surface area contributed by atoms with E-state index in [4.69, 9.17) is 0 Å². The summed E-state index contributed by atoms with van der Waals surface area (Å²) in [4.78, 5) is 11.6. The lowest BCUT2D eigenvalue weighted by Gasteiger charge is -2.16. The van der Waals surface area contributed by atoms with Crippen LogP contribution in [0.5, 0.6) is 0 Å². The number of unbranched alkanes of at least 4 members (excludes halogenated alkanes) is 6. The van der Waals surface area contributed by atoms with Gasteiger partial charge in [-0.05, 0) is 6.42 Å². The summed E-state index contributed by atoms with van der Waals surface area (Å²) in [6.07, 6.45) is 9.80. The van der Waals surface area contributed by atoms with Gasteiger partial charge >= 0.3 is 0 Å². The van der Waals surface area contributed by atoms with E-state index >= 15 is 0 Å². The highest BCUT2D eigenvalue weighted by Gasteiger charge is 2.12. The monoisotopic (exact) mass is 258 g/mol. The summed E-state index contributed by atoms with van der Waals surface area (Å²) in [7, 11) is 0. The van der Waals surface area contributed by atoms with Crippen molar-refractivity contribution in [2.24, 2.45) is 0 Å². The molecule has 0 unspecified atom stereocenters. The normalized spacial score (nSPS) is 11.8. The number of carbonyl (C=O) groups is 1. The first-order valence-corrected chi connectivity index (χ1v) is 8.10. The minimum Gasteiger partial charge on any atom is -0.299 e. The van der Waals surface area contributed by atoms with Crippen molar-refractivity contribution in [3.8, 4) is 0 Å². The molecule has 0 atom stereocenters. The number of carbonyl (C=O) groups excluding carboxylic acids is 1. The van der Waals surface area contributed by atoms with Crippen molar-refractivity contribution in [3.63, 3.8) is 0 Å². The Kier molecular flexibility index (Phi) is 10.0. The first-order chi connectivity index (χ1) is 7.95. The lowest BCUT2D eigenvalue weighted by atomic mass is 10.1. The van der Waals surface area contributed by atoms with Crippen molar-refractivity contribution in [1.29, 1.82) is 0 Å². The van der Waals surface area contributed by atoms with Crippen molar-refractivity contribution in [2.75, 3.05) is 5.75 Å². The molecule has 0 saturated carbocycles. The van der Waals surface area contributed by atoms with Crippen LogP contribution in [-0.2, 0) is 4.79 Å². The predicted molar refractivity (Wildman–Crippen MR) is 79.8 cm³/mol. The number of ketones is 1. The lowest BCUT2D eigenvalue weighted by Crippen LogP contribution is -2.12. The van der Waals surface area contributed by atoms with Crippen molar-refractivity contribution in [3.05, 3.63) is 0 Å². The molecule has 0 heterocycles. The Bertz CT molecular complexity index is 194. The summed E-state index contributed by atoms with van der Waals surface area (Å²) in [5.41, 5.74) is 0. The van der Waals surface area contributed by atoms with Gasteiger partial charge in [0.2, 0.25) is 0 Å². The smallest absolute Gasteiger partial charge is 0.142 e. The quantitative estimate of drug-likeness (QED) is 0.499. The van der Waals surface area contributed by atoms with E-state index in [1.807, 2.05) is 0 Å². The molecule has 0 aromatic heterocycles. The minimum atomic E-state index is 0.218. The molecule has 0 fully saturated rings. The largest absolute Gasteiger partial charge is 0.299 e. The van der Waals surface area contributed by atoms with E-state index < -0.39 is 0 Å². The molecule has 0 amide bonds. The number of rotatable bonds is 10. The van der Waals surface area contributed by atoms with Crippen LogP contribution >= 0.6 is 11.8 Å². The predicted octanol–water partition coefficient (Wildman–Crippen LogP) is 5.23.